The first-order valence-electron chi connectivity index (χ1n) is 11.1. The van der Waals surface area contributed by atoms with Crippen molar-refractivity contribution >= 4 is 50.7 Å². The fourth-order valence-corrected chi connectivity index (χ4v) is 4.87. The minimum absolute atomic E-state index is 0.0247. The van der Waals surface area contributed by atoms with Crippen molar-refractivity contribution < 1.29 is 18.0 Å². The predicted octanol–water partition coefficient (Wildman–Crippen LogP) is 4.27. The Morgan fingerprint density at radius 1 is 1.03 bits per heavy atom. The van der Waals surface area contributed by atoms with Gasteiger partial charge in [-0.05, 0) is 55.2 Å². The van der Waals surface area contributed by atoms with Crippen LogP contribution < -0.4 is 9.62 Å². The summed E-state index contributed by atoms with van der Waals surface area (Å²) in [6.45, 7) is 5.55. The Labute approximate surface area is 212 Å². The van der Waals surface area contributed by atoms with Crippen LogP contribution in [0.4, 0.5) is 5.69 Å². The van der Waals surface area contributed by atoms with Gasteiger partial charge in [0.15, 0.2) is 0 Å². The Morgan fingerprint density at radius 3 is 2.18 bits per heavy atom. The summed E-state index contributed by atoms with van der Waals surface area (Å²) in [4.78, 5) is 27.7. The molecule has 0 spiro atoms. The maximum absolute atomic E-state index is 13.6. The molecule has 0 aliphatic rings. The monoisotopic (exact) mass is 527 g/mol. The minimum atomic E-state index is -3.77. The normalized spacial score (nSPS) is 12.2. The summed E-state index contributed by atoms with van der Waals surface area (Å²) in [5.41, 5.74) is 2.02. The molecule has 0 bridgehead atoms. The number of anilines is 1. The third-order valence-electron chi connectivity index (χ3n) is 5.40. The topological polar surface area (TPSA) is 86.8 Å². The number of hydrogen-bond acceptors (Lipinski definition) is 4. The molecule has 0 fully saturated rings. The van der Waals surface area contributed by atoms with Crippen LogP contribution in [-0.2, 0) is 32.6 Å². The molecule has 2 amide bonds. The van der Waals surface area contributed by atoms with E-state index in [0.29, 0.717) is 34.3 Å². The molecule has 0 saturated carbocycles. The van der Waals surface area contributed by atoms with Gasteiger partial charge in [-0.1, -0.05) is 55.2 Å². The minimum Gasteiger partial charge on any atom is -0.355 e. The number of benzene rings is 2. The highest BCUT2D eigenvalue weighted by Gasteiger charge is 2.31. The molecule has 0 radical (unpaired) electrons. The van der Waals surface area contributed by atoms with Crippen molar-refractivity contribution in [2.24, 2.45) is 0 Å². The number of aryl methyl sites for hydroxylation is 1. The maximum atomic E-state index is 13.6. The van der Waals surface area contributed by atoms with Crippen LogP contribution in [0.5, 0.6) is 0 Å². The molecule has 7 nitrogen and oxygen atoms in total. The second kappa shape index (κ2) is 12.4. The third kappa shape index (κ3) is 7.35. The number of carbonyl (C=O) groups excluding carboxylic acids is 2. The van der Waals surface area contributed by atoms with Crippen molar-refractivity contribution in [1.29, 1.82) is 0 Å². The summed E-state index contributed by atoms with van der Waals surface area (Å²) in [5.74, 6) is -0.837. The molecule has 1 N–H and O–H groups in total. The molecule has 0 saturated heterocycles. The molecule has 10 heteroatoms. The van der Waals surface area contributed by atoms with Gasteiger partial charge in [-0.3, -0.25) is 13.9 Å². The zero-order chi connectivity index (χ0) is 25.5. The number of halogens is 2. The van der Waals surface area contributed by atoms with Gasteiger partial charge in [0.1, 0.15) is 12.6 Å². The van der Waals surface area contributed by atoms with E-state index in [1.54, 1.807) is 44.2 Å². The van der Waals surface area contributed by atoms with Crippen LogP contribution in [0.3, 0.4) is 0 Å². The fourth-order valence-electron chi connectivity index (χ4n) is 3.56. The first-order valence-corrected chi connectivity index (χ1v) is 13.7. The third-order valence-corrected chi connectivity index (χ3v) is 7.13. The van der Waals surface area contributed by atoms with Crippen molar-refractivity contribution in [2.75, 3.05) is 23.7 Å². The summed E-state index contributed by atoms with van der Waals surface area (Å²) in [6, 6.07) is 11.1. The van der Waals surface area contributed by atoms with Crippen LogP contribution in [0.15, 0.2) is 42.5 Å². The summed E-state index contributed by atoms with van der Waals surface area (Å²) >= 11 is 12.3. The zero-order valence-corrected chi connectivity index (χ0v) is 22.2. The van der Waals surface area contributed by atoms with Crippen molar-refractivity contribution in [3.63, 3.8) is 0 Å². The molecule has 186 valence electrons. The highest BCUT2D eigenvalue weighted by Crippen LogP contribution is 2.25. The van der Waals surface area contributed by atoms with Gasteiger partial charge in [-0.25, -0.2) is 8.42 Å². The van der Waals surface area contributed by atoms with Gasteiger partial charge in [0.2, 0.25) is 21.8 Å². The molecule has 1 unspecified atom stereocenters. The number of carbonyl (C=O) groups is 2. The quantitative estimate of drug-likeness (QED) is 0.472. The van der Waals surface area contributed by atoms with Crippen LogP contribution in [0, 0.1) is 0 Å². The molecule has 2 aromatic rings. The van der Waals surface area contributed by atoms with Gasteiger partial charge in [-0.15, -0.1) is 0 Å². The van der Waals surface area contributed by atoms with Gasteiger partial charge in [0.05, 0.1) is 11.9 Å². The average molecular weight is 529 g/mol. The van der Waals surface area contributed by atoms with E-state index in [1.165, 1.54) is 4.90 Å². The summed E-state index contributed by atoms with van der Waals surface area (Å²) in [5, 5.41) is 3.55. The molecule has 0 aromatic heterocycles. The lowest BCUT2D eigenvalue weighted by Gasteiger charge is -2.33. The van der Waals surface area contributed by atoms with Crippen LogP contribution in [0.2, 0.25) is 10.0 Å². The van der Waals surface area contributed by atoms with Gasteiger partial charge in [0.25, 0.3) is 0 Å². The van der Waals surface area contributed by atoms with Crippen LogP contribution in [0.25, 0.3) is 0 Å². The molecular weight excluding hydrogens is 497 g/mol. The van der Waals surface area contributed by atoms with Crippen molar-refractivity contribution in [3.05, 3.63) is 63.6 Å². The van der Waals surface area contributed by atoms with Crippen molar-refractivity contribution in [3.8, 4) is 0 Å². The van der Waals surface area contributed by atoms with Gasteiger partial charge < -0.3 is 10.2 Å². The maximum Gasteiger partial charge on any atom is 0.244 e. The SMILES string of the molecule is CCNC(=O)C(CC)N(Cc1ccc(Cl)cc1Cl)C(=O)CN(c1ccc(CC)cc1)S(C)(=O)=O. The van der Waals surface area contributed by atoms with Gasteiger partial charge >= 0.3 is 0 Å². The summed E-state index contributed by atoms with van der Waals surface area (Å²) in [7, 11) is -3.77. The molecule has 2 aromatic carbocycles. The Kier molecular flexibility index (Phi) is 10.2. The Morgan fingerprint density at radius 2 is 1.68 bits per heavy atom. The number of amides is 2. The molecular formula is C24H31Cl2N3O4S. The number of nitrogens with one attached hydrogen (secondary N) is 1. The first kappa shape index (κ1) is 28.0. The highest BCUT2D eigenvalue weighted by atomic mass is 35.5. The van der Waals surface area contributed by atoms with Gasteiger partial charge in [0, 0.05) is 23.1 Å². The van der Waals surface area contributed by atoms with E-state index in [-0.39, 0.29) is 12.5 Å². The number of rotatable bonds is 11. The molecule has 2 rings (SSSR count). The average Bonchev–Trinajstić information content (AvgIpc) is 2.78. The van der Waals surface area contributed by atoms with Gasteiger partial charge in [-0.2, -0.15) is 0 Å². The first-order chi connectivity index (χ1) is 16.0. The summed E-state index contributed by atoms with van der Waals surface area (Å²) < 4.78 is 26.3. The molecule has 0 aliphatic heterocycles. The molecule has 34 heavy (non-hydrogen) atoms. The number of hydrogen-bond donors (Lipinski definition) is 1. The molecule has 0 heterocycles. The zero-order valence-electron chi connectivity index (χ0n) is 19.8. The van der Waals surface area contributed by atoms with E-state index in [4.69, 9.17) is 23.2 Å². The van der Waals surface area contributed by atoms with Crippen molar-refractivity contribution in [2.45, 2.75) is 46.2 Å². The second-order valence-corrected chi connectivity index (χ2v) is 10.6. The fraction of sp³-hybridized carbons (Fsp3) is 0.417. The van der Waals surface area contributed by atoms with E-state index in [2.05, 4.69) is 5.32 Å². The summed E-state index contributed by atoms with van der Waals surface area (Å²) in [6.07, 6.45) is 2.20. The number of sulfonamides is 1. The van der Waals surface area contributed by atoms with E-state index >= 15 is 0 Å². The van der Waals surface area contributed by atoms with Crippen LogP contribution in [0.1, 0.15) is 38.3 Å². The van der Waals surface area contributed by atoms with E-state index < -0.39 is 28.5 Å². The van der Waals surface area contributed by atoms with Crippen molar-refractivity contribution in [1.82, 2.24) is 10.2 Å². The lowest BCUT2D eigenvalue weighted by molar-refractivity contribution is -0.140. The standard InChI is InChI=1S/C24H31Cl2N3O4S/c1-5-17-8-12-20(13-9-17)29(34(4,32)33)16-23(30)28(22(6-2)24(31)27-7-3)15-18-10-11-19(25)14-21(18)26/h8-14,22H,5-7,15-16H2,1-4H3,(H,27,31). The predicted molar refractivity (Wildman–Crippen MR) is 138 cm³/mol. The number of nitrogens with zero attached hydrogens (tertiary/aromatic N) is 2. The van der Waals surface area contributed by atoms with E-state index in [9.17, 15) is 18.0 Å². The molecule has 1 atom stereocenters. The number of likely N-dealkylation sites (N-methyl/N-ethyl adjacent to an activating group) is 1. The Hall–Kier alpha value is -2.29. The smallest absolute Gasteiger partial charge is 0.244 e. The lowest BCUT2D eigenvalue weighted by Crippen LogP contribution is -2.52. The lowest BCUT2D eigenvalue weighted by atomic mass is 10.1. The van der Waals surface area contributed by atoms with E-state index in [0.717, 1.165) is 22.5 Å². The Balaban J connectivity index is 2.45. The highest BCUT2D eigenvalue weighted by molar-refractivity contribution is 7.92. The Bertz CT molecular complexity index is 1110. The van der Waals surface area contributed by atoms with E-state index in [1.807, 2.05) is 19.1 Å². The largest absolute Gasteiger partial charge is 0.355 e. The van der Waals surface area contributed by atoms with Crippen LogP contribution in [-0.4, -0.2) is 50.5 Å². The van der Waals surface area contributed by atoms with Crippen LogP contribution >= 0.6 is 23.2 Å². The molecule has 0 aliphatic carbocycles. The second-order valence-electron chi connectivity index (χ2n) is 7.87.